The number of anilines is 2. The van der Waals surface area contributed by atoms with E-state index in [9.17, 15) is 9.59 Å². The molecule has 6 rings (SSSR count). The van der Waals surface area contributed by atoms with Crippen LogP contribution in [0, 0.1) is 0 Å². The van der Waals surface area contributed by atoms with Crippen molar-refractivity contribution in [2.45, 2.75) is 50.1 Å². The fraction of sp³-hybridized carbons (Fsp3) is 0.500. The summed E-state index contributed by atoms with van der Waals surface area (Å²) >= 11 is 0. The Morgan fingerprint density at radius 3 is 2.40 bits per heavy atom. The van der Waals surface area contributed by atoms with Crippen molar-refractivity contribution in [2.24, 2.45) is 0 Å². The maximum atomic E-state index is 12.6. The van der Waals surface area contributed by atoms with Crippen molar-refractivity contribution in [3.05, 3.63) is 53.6 Å². The molecular formula is C28H34N4O3. The molecule has 1 spiro atoms. The van der Waals surface area contributed by atoms with Gasteiger partial charge in [-0.05, 0) is 69.3 Å². The Hall–Kier alpha value is -3.06. The van der Waals surface area contributed by atoms with E-state index in [4.69, 9.17) is 4.74 Å². The number of ether oxygens (including phenoxy) is 1. The molecule has 0 bridgehead atoms. The Labute approximate surface area is 207 Å². The number of carbonyl (C=O) groups excluding carboxylic acids is 2. The standard InChI is InChI=1S/C28H34N4O3/c1-35-20-10-11-24-23(19-20)29-28(25-9-6-16-31(24)25)12-17-30(18-13-28)14-4-5-15-32-26(33)21-7-2-3-8-22(21)27(32)34/h2-3,7-8,10-11,19,25,29H,4-6,9,12-18H2,1H3. The molecule has 0 aliphatic carbocycles. The maximum Gasteiger partial charge on any atom is 0.261 e. The molecule has 1 N–H and O–H groups in total. The third kappa shape index (κ3) is 3.77. The van der Waals surface area contributed by atoms with E-state index < -0.39 is 0 Å². The zero-order valence-corrected chi connectivity index (χ0v) is 20.5. The van der Waals surface area contributed by atoms with Gasteiger partial charge in [0.05, 0.1) is 41.2 Å². The number of imide groups is 1. The number of benzene rings is 2. The minimum absolute atomic E-state index is 0.118. The van der Waals surface area contributed by atoms with Crippen LogP contribution in [0.5, 0.6) is 5.75 Å². The van der Waals surface area contributed by atoms with E-state index in [2.05, 4.69) is 33.3 Å². The number of rotatable bonds is 6. The van der Waals surface area contributed by atoms with Crippen LogP contribution in [0.25, 0.3) is 0 Å². The van der Waals surface area contributed by atoms with Gasteiger partial charge < -0.3 is 19.9 Å². The third-order valence-corrected chi connectivity index (χ3v) is 8.52. The number of nitrogens with zero attached hydrogens (tertiary/aromatic N) is 3. The first kappa shape index (κ1) is 22.4. The fourth-order valence-corrected chi connectivity index (χ4v) is 6.66. The number of piperidine rings is 1. The summed E-state index contributed by atoms with van der Waals surface area (Å²) in [6, 6.07) is 14.1. The van der Waals surface area contributed by atoms with Crippen LogP contribution in [0.1, 0.15) is 59.2 Å². The topological polar surface area (TPSA) is 65.1 Å². The zero-order chi connectivity index (χ0) is 24.0. The normalized spacial score (nSPS) is 22.7. The minimum Gasteiger partial charge on any atom is -0.497 e. The summed E-state index contributed by atoms with van der Waals surface area (Å²) in [5.41, 5.74) is 3.72. The van der Waals surface area contributed by atoms with E-state index in [0.717, 1.165) is 57.6 Å². The van der Waals surface area contributed by atoms with E-state index in [-0.39, 0.29) is 17.4 Å². The van der Waals surface area contributed by atoms with Gasteiger partial charge in [-0.2, -0.15) is 0 Å². The van der Waals surface area contributed by atoms with Crippen molar-refractivity contribution >= 4 is 23.2 Å². The molecule has 2 saturated heterocycles. The van der Waals surface area contributed by atoms with Gasteiger partial charge in [-0.3, -0.25) is 14.5 Å². The summed E-state index contributed by atoms with van der Waals surface area (Å²) in [4.78, 5) is 31.7. The first-order chi connectivity index (χ1) is 17.1. The van der Waals surface area contributed by atoms with Gasteiger partial charge in [-0.25, -0.2) is 0 Å². The van der Waals surface area contributed by atoms with Crippen molar-refractivity contribution < 1.29 is 14.3 Å². The Morgan fingerprint density at radius 1 is 0.971 bits per heavy atom. The highest BCUT2D eigenvalue weighted by Crippen LogP contribution is 2.47. The number of hydrogen-bond acceptors (Lipinski definition) is 6. The van der Waals surface area contributed by atoms with Gasteiger partial charge in [0.25, 0.3) is 11.8 Å². The minimum atomic E-state index is -0.146. The van der Waals surface area contributed by atoms with Crippen molar-refractivity contribution in [3.8, 4) is 5.75 Å². The fourth-order valence-electron chi connectivity index (χ4n) is 6.66. The number of carbonyl (C=O) groups is 2. The van der Waals surface area contributed by atoms with E-state index in [1.165, 1.54) is 29.1 Å². The van der Waals surface area contributed by atoms with Crippen molar-refractivity contribution in [3.63, 3.8) is 0 Å². The number of amides is 2. The Balaban J connectivity index is 1.03. The van der Waals surface area contributed by atoms with Crippen LogP contribution in [-0.2, 0) is 0 Å². The molecule has 2 aromatic rings. The molecule has 1 unspecified atom stereocenters. The Morgan fingerprint density at radius 2 is 1.69 bits per heavy atom. The second-order valence-corrected chi connectivity index (χ2v) is 10.4. The van der Waals surface area contributed by atoms with Crippen LogP contribution in [0.4, 0.5) is 11.4 Å². The highest BCUT2D eigenvalue weighted by atomic mass is 16.5. The van der Waals surface area contributed by atoms with Gasteiger partial charge in [0.2, 0.25) is 0 Å². The van der Waals surface area contributed by atoms with Crippen LogP contribution in [0.15, 0.2) is 42.5 Å². The molecule has 2 fully saturated rings. The summed E-state index contributed by atoms with van der Waals surface area (Å²) in [6.45, 7) is 4.79. The second-order valence-electron chi connectivity index (χ2n) is 10.4. The van der Waals surface area contributed by atoms with Crippen LogP contribution >= 0.6 is 0 Å². The third-order valence-electron chi connectivity index (χ3n) is 8.52. The summed E-state index contributed by atoms with van der Waals surface area (Å²) in [5, 5.41) is 3.97. The number of likely N-dealkylation sites (tertiary alicyclic amines) is 1. The molecule has 2 amide bonds. The SMILES string of the molecule is COc1ccc2c(c1)NC1(CCN(CCCCN3C(=O)c4ccccc4C3=O)CC1)C1CCCN21. The van der Waals surface area contributed by atoms with Crippen LogP contribution in [-0.4, -0.2) is 73.0 Å². The van der Waals surface area contributed by atoms with Crippen LogP contribution in [0.2, 0.25) is 0 Å². The Bertz CT molecular complexity index is 1110. The summed E-state index contributed by atoms with van der Waals surface area (Å²) in [5.74, 6) is 0.610. The molecule has 0 radical (unpaired) electrons. The maximum absolute atomic E-state index is 12.6. The molecule has 4 aliphatic heterocycles. The number of hydrogen-bond donors (Lipinski definition) is 1. The monoisotopic (exact) mass is 474 g/mol. The smallest absolute Gasteiger partial charge is 0.261 e. The average molecular weight is 475 g/mol. The summed E-state index contributed by atoms with van der Waals surface area (Å²) in [7, 11) is 1.73. The molecule has 0 aromatic heterocycles. The van der Waals surface area contributed by atoms with Crippen molar-refractivity contribution in [2.75, 3.05) is 50.1 Å². The lowest BCUT2D eigenvalue weighted by molar-refractivity contribution is 0.0649. The van der Waals surface area contributed by atoms with E-state index in [0.29, 0.717) is 23.7 Å². The largest absolute Gasteiger partial charge is 0.497 e. The quantitative estimate of drug-likeness (QED) is 0.504. The second kappa shape index (κ2) is 8.86. The lowest BCUT2D eigenvalue weighted by atomic mass is 9.77. The van der Waals surface area contributed by atoms with E-state index in [1.54, 1.807) is 19.2 Å². The van der Waals surface area contributed by atoms with Gasteiger partial charge in [0.1, 0.15) is 5.75 Å². The highest BCUT2D eigenvalue weighted by Gasteiger charge is 2.49. The molecular weight excluding hydrogens is 440 g/mol. The zero-order valence-electron chi connectivity index (χ0n) is 20.5. The van der Waals surface area contributed by atoms with Gasteiger partial charge >= 0.3 is 0 Å². The molecule has 4 aliphatic rings. The predicted octanol–water partition coefficient (Wildman–Crippen LogP) is 4.00. The Kier molecular flexibility index (Phi) is 5.67. The van der Waals surface area contributed by atoms with Gasteiger partial charge in [-0.1, -0.05) is 12.1 Å². The lowest BCUT2D eigenvalue weighted by Crippen LogP contribution is -2.62. The molecule has 4 heterocycles. The van der Waals surface area contributed by atoms with Gasteiger partial charge in [-0.15, -0.1) is 0 Å². The number of fused-ring (bicyclic) bond motifs is 5. The number of methoxy groups -OCH3 is 1. The molecule has 35 heavy (non-hydrogen) atoms. The van der Waals surface area contributed by atoms with Crippen LogP contribution in [0.3, 0.4) is 0 Å². The average Bonchev–Trinajstić information content (AvgIpc) is 3.48. The highest BCUT2D eigenvalue weighted by molar-refractivity contribution is 6.21. The van der Waals surface area contributed by atoms with Gasteiger partial charge in [0, 0.05) is 32.2 Å². The molecule has 7 nitrogen and oxygen atoms in total. The van der Waals surface area contributed by atoms with E-state index in [1.807, 2.05) is 12.1 Å². The van der Waals surface area contributed by atoms with Crippen LogP contribution < -0.4 is 15.0 Å². The number of unbranched alkanes of at least 4 members (excludes halogenated alkanes) is 1. The van der Waals surface area contributed by atoms with Crippen molar-refractivity contribution in [1.29, 1.82) is 0 Å². The summed E-state index contributed by atoms with van der Waals surface area (Å²) in [6.07, 6.45) is 6.59. The molecule has 2 aromatic carbocycles. The summed E-state index contributed by atoms with van der Waals surface area (Å²) < 4.78 is 5.50. The number of nitrogens with one attached hydrogen (secondary N) is 1. The first-order valence-electron chi connectivity index (χ1n) is 13.0. The van der Waals surface area contributed by atoms with Gasteiger partial charge in [0.15, 0.2) is 0 Å². The predicted molar refractivity (Wildman–Crippen MR) is 136 cm³/mol. The molecule has 7 heteroatoms. The first-order valence-corrected chi connectivity index (χ1v) is 13.0. The molecule has 184 valence electrons. The lowest BCUT2D eigenvalue weighted by Gasteiger charge is -2.53. The molecule has 0 saturated carbocycles. The molecule has 1 atom stereocenters. The van der Waals surface area contributed by atoms with E-state index >= 15 is 0 Å². The van der Waals surface area contributed by atoms with Crippen molar-refractivity contribution in [1.82, 2.24) is 9.80 Å².